The number of hydrogen-bond acceptors (Lipinski definition) is 5. The fourth-order valence-corrected chi connectivity index (χ4v) is 2.83. The summed E-state index contributed by atoms with van der Waals surface area (Å²) in [6, 6.07) is 1.51. The largest absolute Gasteiger partial charge is 0.506 e. The van der Waals surface area contributed by atoms with Gasteiger partial charge < -0.3 is 15.0 Å². The molecule has 7 nitrogen and oxygen atoms in total. The Bertz CT molecular complexity index is 643. The summed E-state index contributed by atoms with van der Waals surface area (Å²) < 4.78 is 0. The molecule has 1 amide bonds. The van der Waals surface area contributed by atoms with E-state index in [1.54, 1.807) is 17.3 Å². The van der Waals surface area contributed by atoms with Gasteiger partial charge in [-0.05, 0) is 12.6 Å². The van der Waals surface area contributed by atoms with Gasteiger partial charge in [-0.1, -0.05) is 6.92 Å². The highest BCUT2D eigenvalue weighted by Crippen LogP contribution is 2.24. The van der Waals surface area contributed by atoms with Crippen LogP contribution in [-0.4, -0.2) is 61.9 Å². The van der Waals surface area contributed by atoms with Crippen molar-refractivity contribution in [2.75, 3.05) is 26.2 Å². The number of carbonyl (C=O) groups excluding carboxylic acids is 1. The molecule has 1 aliphatic heterocycles. The molecule has 0 saturated carbocycles. The number of aromatic amines is 1. The van der Waals surface area contributed by atoms with Crippen LogP contribution in [0.2, 0.25) is 0 Å². The van der Waals surface area contributed by atoms with Crippen molar-refractivity contribution in [2.24, 2.45) is 0 Å². The molecule has 116 valence electrons. The van der Waals surface area contributed by atoms with Gasteiger partial charge in [0.2, 0.25) is 0 Å². The topological polar surface area (TPSA) is 85.3 Å². The summed E-state index contributed by atoms with van der Waals surface area (Å²) in [5.41, 5.74) is 0.406. The third-order valence-corrected chi connectivity index (χ3v) is 3.99. The number of nitrogens with zero attached hydrogens (tertiary/aromatic N) is 4. The SMILES string of the molecule is CCN1CCN(C(=O)c2cncc(O)c2)C[C@H]1c1ncc[nH]1. The molecule has 1 fully saturated rings. The van der Waals surface area contributed by atoms with Crippen LogP contribution >= 0.6 is 0 Å². The number of aromatic hydroxyl groups is 1. The average Bonchev–Trinajstić information content (AvgIpc) is 3.08. The molecule has 2 aromatic heterocycles. The molecule has 3 rings (SSSR count). The molecule has 0 aliphatic carbocycles. The monoisotopic (exact) mass is 301 g/mol. The number of hydrogen-bond donors (Lipinski definition) is 2. The number of imidazole rings is 1. The van der Waals surface area contributed by atoms with E-state index in [4.69, 9.17) is 0 Å². The Morgan fingerprint density at radius 2 is 2.32 bits per heavy atom. The van der Waals surface area contributed by atoms with E-state index in [9.17, 15) is 9.90 Å². The Labute approximate surface area is 128 Å². The lowest BCUT2D eigenvalue weighted by atomic mass is 10.1. The van der Waals surface area contributed by atoms with E-state index in [0.717, 1.165) is 18.9 Å². The number of nitrogens with one attached hydrogen (secondary N) is 1. The van der Waals surface area contributed by atoms with Crippen molar-refractivity contribution in [3.05, 3.63) is 42.2 Å². The van der Waals surface area contributed by atoms with Crippen LogP contribution in [0.5, 0.6) is 5.75 Å². The first-order chi connectivity index (χ1) is 10.7. The Balaban J connectivity index is 1.79. The van der Waals surface area contributed by atoms with E-state index < -0.39 is 0 Å². The zero-order valence-electron chi connectivity index (χ0n) is 12.4. The lowest BCUT2D eigenvalue weighted by Gasteiger charge is -2.40. The minimum absolute atomic E-state index is 0.000582. The first kappa shape index (κ1) is 14.5. The second-order valence-corrected chi connectivity index (χ2v) is 5.30. The first-order valence-electron chi connectivity index (χ1n) is 7.35. The van der Waals surface area contributed by atoms with Crippen molar-refractivity contribution in [3.63, 3.8) is 0 Å². The number of piperazine rings is 1. The molecular formula is C15H19N5O2. The van der Waals surface area contributed by atoms with Gasteiger partial charge in [-0.15, -0.1) is 0 Å². The van der Waals surface area contributed by atoms with E-state index in [1.165, 1.54) is 18.5 Å². The maximum Gasteiger partial charge on any atom is 0.255 e. The standard InChI is InChI=1S/C15H19N5O2/c1-2-19-5-6-20(10-13(19)14-17-3-4-18-14)15(22)11-7-12(21)9-16-8-11/h3-4,7-9,13,21H,2,5-6,10H2,1H3,(H,17,18)/t13-/m0/s1. The second kappa shape index (κ2) is 6.15. The van der Waals surface area contributed by atoms with Gasteiger partial charge in [0.1, 0.15) is 11.6 Å². The van der Waals surface area contributed by atoms with E-state index in [2.05, 4.69) is 26.8 Å². The van der Waals surface area contributed by atoms with Gasteiger partial charge in [0.15, 0.2) is 0 Å². The van der Waals surface area contributed by atoms with Crippen LogP contribution in [0.4, 0.5) is 0 Å². The predicted octanol–water partition coefficient (Wildman–Crippen LogP) is 1.03. The Morgan fingerprint density at radius 1 is 1.45 bits per heavy atom. The Kier molecular flexibility index (Phi) is 4.06. The molecule has 0 unspecified atom stereocenters. The van der Waals surface area contributed by atoms with Crippen LogP contribution in [0.3, 0.4) is 0 Å². The number of rotatable bonds is 3. The van der Waals surface area contributed by atoms with E-state index in [-0.39, 0.29) is 17.7 Å². The highest BCUT2D eigenvalue weighted by atomic mass is 16.3. The number of pyridine rings is 1. The fourth-order valence-electron chi connectivity index (χ4n) is 2.83. The maximum absolute atomic E-state index is 12.6. The highest BCUT2D eigenvalue weighted by Gasteiger charge is 2.31. The van der Waals surface area contributed by atoms with Crippen molar-refractivity contribution in [1.29, 1.82) is 0 Å². The maximum atomic E-state index is 12.6. The van der Waals surface area contributed by atoms with Crippen LogP contribution in [0.15, 0.2) is 30.9 Å². The molecule has 1 atom stereocenters. The first-order valence-corrected chi connectivity index (χ1v) is 7.35. The van der Waals surface area contributed by atoms with Gasteiger partial charge >= 0.3 is 0 Å². The molecule has 0 radical (unpaired) electrons. The summed E-state index contributed by atoms with van der Waals surface area (Å²) in [5.74, 6) is 0.754. The van der Waals surface area contributed by atoms with Gasteiger partial charge in [0.05, 0.1) is 17.8 Å². The van der Waals surface area contributed by atoms with Crippen LogP contribution in [0, 0.1) is 0 Å². The lowest BCUT2D eigenvalue weighted by molar-refractivity contribution is 0.0479. The second-order valence-electron chi connectivity index (χ2n) is 5.30. The number of likely N-dealkylation sites (N-methyl/N-ethyl adjacent to an activating group) is 1. The third kappa shape index (κ3) is 2.80. The molecule has 0 aromatic carbocycles. The summed E-state index contributed by atoms with van der Waals surface area (Å²) in [4.78, 5) is 28.0. The molecular weight excluding hydrogens is 282 g/mol. The molecule has 1 aliphatic rings. The molecule has 22 heavy (non-hydrogen) atoms. The van der Waals surface area contributed by atoms with Gasteiger partial charge in [0, 0.05) is 38.2 Å². The van der Waals surface area contributed by atoms with Crippen molar-refractivity contribution < 1.29 is 9.90 Å². The molecule has 0 bridgehead atoms. The van der Waals surface area contributed by atoms with Crippen LogP contribution < -0.4 is 0 Å². The minimum Gasteiger partial charge on any atom is -0.506 e. The Morgan fingerprint density at radius 3 is 3.00 bits per heavy atom. The third-order valence-electron chi connectivity index (χ3n) is 3.99. The molecule has 2 aromatic rings. The molecule has 0 spiro atoms. The summed E-state index contributed by atoms with van der Waals surface area (Å²) in [7, 11) is 0. The fraction of sp³-hybridized carbons (Fsp3) is 0.400. The summed E-state index contributed by atoms with van der Waals surface area (Å²) in [6.07, 6.45) is 6.32. The predicted molar refractivity (Wildman–Crippen MR) is 80.4 cm³/mol. The molecule has 7 heteroatoms. The van der Waals surface area contributed by atoms with E-state index >= 15 is 0 Å². The average molecular weight is 301 g/mol. The van der Waals surface area contributed by atoms with Crippen LogP contribution in [0.1, 0.15) is 29.1 Å². The van der Waals surface area contributed by atoms with E-state index in [0.29, 0.717) is 18.7 Å². The van der Waals surface area contributed by atoms with Gasteiger partial charge in [-0.3, -0.25) is 14.7 Å². The summed E-state index contributed by atoms with van der Waals surface area (Å²) in [6.45, 7) is 5.02. The normalized spacial score (nSPS) is 19.3. The molecule has 2 N–H and O–H groups in total. The Hall–Kier alpha value is -2.41. The van der Waals surface area contributed by atoms with Crippen LogP contribution in [-0.2, 0) is 0 Å². The number of amides is 1. The van der Waals surface area contributed by atoms with Gasteiger partial charge in [-0.2, -0.15) is 0 Å². The molecule has 3 heterocycles. The van der Waals surface area contributed by atoms with Gasteiger partial charge in [-0.25, -0.2) is 4.98 Å². The van der Waals surface area contributed by atoms with E-state index in [1.807, 2.05) is 0 Å². The van der Waals surface area contributed by atoms with Crippen molar-refractivity contribution in [3.8, 4) is 5.75 Å². The highest BCUT2D eigenvalue weighted by molar-refractivity contribution is 5.94. The molecule has 1 saturated heterocycles. The van der Waals surface area contributed by atoms with Crippen molar-refractivity contribution >= 4 is 5.91 Å². The summed E-state index contributed by atoms with van der Waals surface area (Å²) >= 11 is 0. The summed E-state index contributed by atoms with van der Waals surface area (Å²) in [5, 5.41) is 9.49. The number of aromatic nitrogens is 3. The minimum atomic E-state index is -0.115. The van der Waals surface area contributed by atoms with Crippen molar-refractivity contribution in [1.82, 2.24) is 24.8 Å². The lowest BCUT2D eigenvalue weighted by Crippen LogP contribution is -2.50. The van der Waals surface area contributed by atoms with Crippen molar-refractivity contribution in [2.45, 2.75) is 13.0 Å². The zero-order chi connectivity index (χ0) is 15.5. The number of carbonyl (C=O) groups is 1. The van der Waals surface area contributed by atoms with Gasteiger partial charge in [0.25, 0.3) is 5.91 Å². The smallest absolute Gasteiger partial charge is 0.255 e. The quantitative estimate of drug-likeness (QED) is 0.884. The number of H-pyrrole nitrogens is 1. The van der Waals surface area contributed by atoms with Crippen LogP contribution in [0.25, 0.3) is 0 Å². The zero-order valence-corrected chi connectivity index (χ0v) is 12.4.